The third-order valence-electron chi connectivity index (χ3n) is 1.77. The summed E-state index contributed by atoms with van der Waals surface area (Å²) >= 11 is 5.45. The van der Waals surface area contributed by atoms with Crippen molar-refractivity contribution >= 4 is 11.6 Å². The van der Waals surface area contributed by atoms with E-state index in [1.54, 1.807) is 0 Å². The van der Waals surface area contributed by atoms with E-state index in [9.17, 15) is 13.2 Å². The highest BCUT2D eigenvalue weighted by Gasteiger charge is 2.35. The lowest BCUT2D eigenvalue weighted by atomic mass is 10.3. The van der Waals surface area contributed by atoms with Crippen LogP contribution in [0.2, 0.25) is 5.28 Å². The van der Waals surface area contributed by atoms with E-state index in [0.29, 0.717) is 6.20 Å². The van der Waals surface area contributed by atoms with E-state index in [1.165, 1.54) is 18.5 Å². The minimum absolute atomic E-state index is 0.265. The molecule has 0 unspecified atom stereocenters. The normalized spacial score (nSPS) is 11.8. The molecule has 2 heterocycles. The summed E-state index contributed by atoms with van der Waals surface area (Å²) in [7, 11) is 0. The van der Waals surface area contributed by atoms with Crippen LogP contribution in [-0.2, 0) is 6.18 Å². The Morgan fingerprint density at radius 2 is 2.06 bits per heavy atom. The van der Waals surface area contributed by atoms with Crippen molar-refractivity contribution in [2.75, 3.05) is 0 Å². The summed E-state index contributed by atoms with van der Waals surface area (Å²) < 4.78 is 38.8. The van der Waals surface area contributed by atoms with Crippen LogP contribution in [0.4, 0.5) is 13.2 Å². The fourth-order valence-electron chi connectivity index (χ4n) is 1.12. The molecule has 2 aromatic heterocycles. The molecule has 0 aliphatic heterocycles. The number of aromatic nitrogens is 4. The molecule has 0 spiro atoms. The highest BCUT2D eigenvalue weighted by Crippen LogP contribution is 2.32. The second-order valence-corrected chi connectivity index (χ2v) is 3.16. The van der Waals surface area contributed by atoms with E-state index in [0.717, 1.165) is 4.68 Å². The van der Waals surface area contributed by atoms with Gasteiger partial charge in [-0.1, -0.05) is 0 Å². The van der Waals surface area contributed by atoms with Gasteiger partial charge in [-0.05, 0) is 17.7 Å². The zero-order chi connectivity index (χ0) is 11.8. The third kappa shape index (κ3) is 1.99. The van der Waals surface area contributed by atoms with Crippen molar-refractivity contribution in [2.24, 2.45) is 0 Å². The smallest absolute Gasteiger partial charge is 0.226 e. The Kier molecular flexibility index (Phi) is 2.55. The topological polar surface area (TPSA) is 43.6 Å². The molecule has 2 aromatic rings. The van der Waals surface area contributed by atoms with Crippen LogP contribution in [-0.4, -0.2) is 19.7 Å². The lowest BCUT2D eigenvalue weighted by molar-refractivity contribution is -0.138. The molecule has 0 bridgehead atoms. The quantitative estimate of drug-likeness (QED) is 0.728. The van der Waals surface area contributed by atoms with Gasteiger partial charge in [0.05, 0.1) is 0 Å². The third-order valence-corrected chi connectivity index (χ3v) is 1.95. The monoisotopic (exact) mass is 248 g/mol. The number of alkyl halides is 3. The molecule has 0 aromatic carbocycles. The van der Waals surface area contributed by atoms with Crippen molar-refractivity contribution in [3.63, 3.8) is 0 Å². The molecule has 0 radical (unpaired) electrons. The van der Waals surface area contributed by atoms with Gasteiger partial charge in [-0.15, -0.1) is 0 Å². The maximum absolute atomic E-state index is 12.6. The van der Waals surface area contributed by atoms with Gasteiger partial charge in [-0.3, -0.25) is 0 Å². The first-order valence-electron chi connectivity index (χ1n) is 4.08. The molecule has 4 nitrogen and oxygen atoms in total. The first kappa shape index (κ1) is 10.9. The molecule has 2 rings (SSSR count). The Morgan fingerprint density at radius 3 is 2.62 bits per heavy atom. The molecule has 16 heavy (non-hydrogen) atoms. The van der Waals surface area contributed by atoms with Gasteiger partial charge < -0.3 is 0 Å². The molecule has 0 aliphatic carbocycles. The van der Waals surface area contributed by atoms with Gasteiger partial charge in [-0.2, -0.15) is 23.3 Å². The molecule has 84 valence electrons. The zero-order valence-electron chi connectivity index (χ0n) is 7.61. The van der Waals surface area contributed by atoms with Crippen LogP contribution in [0, 0.1) is 0 Å². The summed E-state index contributed by atoms with van der Waals surface area (Å²) in [4.78, 5) is 6.83. The molecule has 0 N–H and O–H groups in total. The summed E-state index contributed by atoms with van der Waals surface area (Å²) in [5.41, 5.74) is -0.986. The Hall–Kier alpha value is -1.63. The number of hydrogen-bond donors (Lipinski definition) is 0. The number of halogens is 4. The van der Waals surface area contributed by atoms with E-state index >= 15 is 0 Å². The van der Waals surface area contributed by atoms with E-state index in [4.69, 9.17) is 11.6 Å². The average molecular weight is 249 g/mol. The van der Waals surface area contributed by atoms with Gasteiger partial charge in [0.15, 0.2) is 5.82 Å². The minimum Gasteiger partial charge on any atom is -0.226 e. The molecule has 0 saturated carbocycles. The van der Waals surface area contributed by atoms with E-state index < -0.39 is 17.6 Å². The molecule has 0 aliphatic rings. The predicted octanol–water partition coefficient (Wildman–Crippen LogP) is 2.33. The summed E-state index contributed by atoms with van der Waals surface area (Å²) in [5.74, 6) is -0.391. The summed E-state index contributed by atoms with van der Waals surface area (Å²) in [6.45, 7) is 0. The van der Waals surface area contributed by atoms with Crippen molar-refractivity contribution < 1.29 is 13.2 Å². The van der Waals surface area contributed by atoms with Crippen molar-refractivity contribution in [1.82, 2.24) is 19.7 Å². The average Bonchev–Trinajstić information content (AvgIpc) is 2.68. The molecule has 8 heteroatoms. The van der Waals surface area contributed by atoms with Crippen molar-refractivity contribution in [3.8, 4) is 5.82 Å². The van der Waals surface area contributed by atoms with Crippen LogP contribution in [0.3, 0.4) is 0 Å². The Morgan fingerprint density at radius 1 is 1.31 bits per heavy atom. The highest BCUT2D eigenvalue weighted by atomic mass is 35.5. The van der Waals surface area contributed by atoms with Gasteiger partial charge in [0.2, 0.25) is 5.28 Å². The number of rotatable bonds is 1. The van der Waals surface area contributed by atoms with E-state index in [1.807, 2.05) is 0 Å². The van der Waals surface area contributed by atoms with Crippen molar-refractivity contribution in [1.29, 1.82) is 0 Å². The van der Waals surface area contributed by atoms with Gasteiger partial charge in [0.1, 0.15) is 5.56 Å². The van der Waals surface area contributed by atoms with Crippen LogP contribution in [0.25, 0.3) is 5.82 Å². The van der Waals surface area contributed by atoms with Crippen LogP contribution < -0.4 is 0 Å². The minimum atomic E-state index is -4.55. The van der Waals surface area contributed by atoms with E-state index in [-0.39, 0.29) is 5.28 Å². The van der Waals surface area contributed by atoms with Crippen LogP contribution in [0.5, 0.6) is 0 Å². The fraction of sp³-hybridized carbons (Fsp3) is 0.125. The second-order valence-electron chi connectivity index (χ2n) is 2.82. The molecular formula is C8H4ClF3N4. The second kappa shape index (κ2) is 3.75. The number of nitrogens with zero attached hydrogens (tertiary/aromatic N) is 4. The molecule has 0 amide bonds. The maximum Gasteiger partial charge on any atom is 0.421 e. The Labute approximate surface area is 92.7 Å². The Balaban J connectivity index is 2.63. The van der Waals surface area contributed by atoms with Crippen LogP contribution >= 0.6 is 11.6 Å². The SMILES string of the molecule is FC(F)(F)c1cnc(Cl)nc1-n1cccn1. The lowest BCUT2D eigenvalue weighted by Gasteiger charge is -2.10. The lowest BCUT2D eigenvalue weighted by Crippen LogP contribution is -2.13. The van der Waals surface area contributed by atoms with Crippen molar-refractivity contribution in [2.45, 2.75) is 6.18 Å². The largest absolute Gasteiger partial charge is 0.421 e. The van der Waals surface area contributed by atoms with Crippen LogP contribution in [0.15, 0.2) is 24.7 Å². The van der Waals surface area contributed by atoms with Crippen LogP contribution in [0.1, 0.15) is 5.56 Å². The molecule has 0 fully saturated rings. The fourth-order valence-corrected chi connectivity index (χ4v) is 1.25. The number of hydrogen-bond acceptors (Lipinski definition) is 3. The summed E-state index contributed by atoms with van der Waals surface area (Å²) in [5, 5.41) is 3.40. The van der Waals surface area contributed by atoms with Gasteiger partial charge in [0.25, 0.3) is 0 Å². The molecular weight excluding hydrogens is 245 g/mol. The standard InChI is InChI=1S/C8H4ClF3N4/c9-7-13-4-5(8(10,11)12)6(15-7)16-3-1-2-14-16/h1-4H. The summed E-state index contributed by atoms with van der Waals surface area (Å²) in [6.07, 6.45) is -1.23. The summed E-state index contributed by atoms with van der Waals surface area (Å²) in [6, 6.07) is 1.48. The van der Waals surface area contributed by atoms with Gasteiger partial charge in [-0.25, -0.2) is 9.67 Å². The first-order chi connectivity index (χ1) is 7.48. The Bertz CT molecular complexity index is 494. The molecule has 0 saturated heterocycles. The maximum atomic E-state index is 12.6. The van der Waals surface area contributed by atoms with Gasteiger partial charge >= 0.3 is 6.18 Å². The first-order valence-corrected chi connectivity index (χ1v) is 4.46. The zero-order valence-corrected chi connectivity index (χ0v) is 8.37. The highest BCUT2D eigenvalue weighted by molar-refractivity contribution is 6.28. The van der Waals surface area contributed by atoms with Crippen molar-refractivity contribution in [3.05, 3.63) is 35.5 Å². The van der Waals surface area contributed by atoms with Gasteiger partial charge in [0, 0.05) is 18.6 Å². The predicted molar refractivity (Wildman–Crippen MR) is 49.2 cm³/mol. The van der Waals surface area contributed by atoms with E-state index in [2.05, 4.69) is 15.1 Å². The molecule has 0 atom stereocenters.